The Hall–Kier alpha value is -13.8. The summed E-state index contributed by atoms with van der Waals surface area (Å²) < 4.78 is 4.62. The molecule has 4 heteroatoms. The normalized spacial score (nSPS) is 11.7. The van der Waals surface area contributed by atoms with Crippen LogP contribution in [-0.4, -0.2) is 19.1 Å². The number of hydrogen-bond acceptors (Lipinski definition) is 2. The first-order valence-electron chi connectivity index (χ1n) is 37.6. The molecule has 108 heavy (non-hydrogen) atoms. The number of benzene rings is 18. The van der Waals surface area contributed by atoms with Crippen LogP contribution >= 0.6 is 0 Å². The molecule has 0 radical (unpaired) electrons. The average Bonchev–Trinajstić information content (AvgIpc) is 0.864. The first-order chi connectivity index (χ1) is 53.4. The van der Waals surface area contributed by atoms with Crippen molar-refractivity contribution in [2.45, 2.75) is 26.7 Å². The van der Waals surface area contributed by atoms with Crippen molar-refractivity contribution in [3.05, 3.63) is 388 Å². The minimum Gasteiger partial charge on any atom is -0.296 e. The number of imidazole rings is 2. The quantitative estimate of drug-likeness (QED) is 0.102. The zero-order chi connectivity index (χ0) is 71.8. The molecule has 0 aliphatic rings. The van der Waals surface area contributed by atoms with Gasteiger partial charge in [0.25, 0.3) is 0 Å². The van der Waals surface area contributed by atoms with Gasteiger partial charge < -0.3 is 0 Å². The fourth-order valence-electron chi connectivity index (χ4n) is 17.0. The lowest BCUT2D eigenvalue weighted by Crippen LogP contribution is -2.00. The maximum atomic E-state index is 5.02. The Balaban J connectivity index is 0.624. The Kier molecular flexibility index (Phi) is 15.8. The highest BCUT2D eigenvalue weighted by Gasteiger charge is 2.23. The van der Waals surface area contributed by atoms with Gasteiger partial charge in [-0.05, 0) is 232 Å². The molecule has 508 valence electrons. The number of para-hydroxylation sites is 4. The van der Waals surface area contributed by atoms with E-state index in [-0.39, 0.29) is 0 Å². The van der Waals surface area contributed by atoms with Crippen LogP contribution in [-0.2, 0) is 12.8 Å². The second-order valence-corrected chi connectivity index (χ2v) is 28.4. The molecule has 0 spiro atoms. The van der Waals surface area contributed by atoms with Crippen molar-refractivity contribution in [2.75, 3.05) is 0 Å². The van der Waals surface area contributed by atoms with Gasteiger partial charge in [-0.2, -0.15) is 0 Å². The van der Waals surface area contributed by atoms with Gasteiger partial charge in [-0.3, -0.25) is 9.13 Å². The lowest BCUT2D eigenvalue weighted by molar-refractivity contribution is 0.908. The van der Waals surface area contributed by atoms with E-state index in [1.165, 1.54) is 160 Å². The number of aromatic nitrogens is 4. The van der Waals surface area contributed by atoms with Crippen molar-refractivity contribution in [3.63, 3.8) is 0 Å². The Morgan fingerprint density at radius 1 is 0.204 bits per heavy atom. The Bertz CT molecular complexity index is 6860. The second-order valence-electron chi connectivity index (χ2n) is 28.4. The van der Waals surface area contributed by atoms with Crippen molar-refractivity contribution in [1.82, 2.24) is 19.1 Å². The van der Waals surface area contributed by atoms with Crippen molar-refractivity contribution in [2.24, 2.45) is 0 Å². The molecule has 2 aromatic heterocycles. The second kappa shape index (κ2) is 26.7. The van der Waals surface area contributed by atoms with E-state index in [0.29, 0.717) is 0 Å². The van der Waals surface area contributed by atoms with Crippen LogP contribution in [0.25, 0.3) is 199 Å². The first-order valence-corrected chi connectivity index (χ1v) is 37.6. The number of aryl methyl sites for hydroxylation is 2. The molecule has 0 unspecified atom stereocenters. The third-order valence-corrected chi connectivity index (χ3v) is 22.3. The highest BCUT2D eigenvalue weighted by molar-refractivity contribution is 6.24. The molecule has 0 amide bonds. The SMILES string of the molecule is CCc1nc2ccccc2n1-c1ccc(-c2c3ccccc3c(-c3ccc(-c4ccc5ccccc5c4)cc3)c3cc(-c4ccc(-c5ccc(-c6ccc(-c7ccccc7-c7c8ccccc8c(-c8ccc(-n9c(CC)nc%10ccccc%109)cc8)c8ccc(-c9ccccc9)cc78)cc6)cc5)cc4)ccc23)cc1. The van der Waals surface area contributed by atoms with Gasteiger partial charge >= 0.3 is 0 Å². The highest BCUT2D eigenvalue weighted by Crippen LogP contribution is 2.50. The highest BCUT2D eigenvalue weighted by atomic mass is 15.1. The van der Waals surface area contributed by atoms with Gasteiger partial charge in [-0.1, -0.05) is 323 Å². The lowest BCUT2D eigenvalue weighted by atomic mass is 9.83. The van der Waals surface area contributed by atoms with Gasteiger partial charge in [0.1, 0.15) is 11.6 Å². The summed E-state index contributed by atoms with van der Waals surface area (Å²) in [5.74, 6) is 2.11. The van der Waals surface area contributed by atoms with Gasteiger partial charge in [-0.25, -0.2) is 9.97 Å². The van der Waals surface area contributed by atoms with Crippen molar-refractivity contribution >= 4 is 75.9 Å². The Morgan fingerprint density at radius 3 is 0.981 bits per heavy atom. The van der Waals surface area contributed by atoms with E-state index in [2.05, 4.69) is 399 Å². The zero-order valence-electron chi connectivity index (χ0n) is 60.0. The fourth-order valence-corrected chi connectivity index (χ4v) is 17.0. The van der Waals surface area contributed by atoms with Crippen LogP contribution in [0.2, 0.25) is 0 Å². The number of rotatable bonds is 14. The molecule has 20 rings (SSSR count). The molecule has 0 atom stereocenters. The standard InChI is InChI=1S/C104H72N4/c1-3-99-105-95-30-16-18-32-97(95)107(99)83-58-52-77(53-59-83)101-87-26-12-13-27-88(87)103(76-49-44-73(45-50-76)80-51-46-68-22-8-9-23-79(68)64-80)93-65-82(57-62-91(93)101)74-40-38-71(39-41-74)69-34-36-70(37-35-69)72-42-47-75(48-43-72)85-24-10-11-25-86(85)104-90-29-15-14-28-89(90)102(92-63-56-81(66-94(92)104)67-20-6-5-7-21-67)78-54-60-84(61-55-78)108-98-33-19-17-31-96(98)106-100(108)4-2/h5-66H,3-4H2,1-2H3. The molecule has 18 aromatic carbocycles. The molecule has 4 nitrogen and oxygen atoms in total. The van der Waals surface area contributed by atoms with E-state index in [4.69, 9.17) is 9.97 Å². The van der Waals surface area contributed by atoms with Gasteiger partial charge in [-0.15, -0.1) is 0 Å². The van der Waals surface area contributed by atoms with Crippen LogP contribution in [0.1, 0.15) is 25.5 Å². The van der Waals surface area contributed by atoms with Crippen LogP contribution in [0.4, 0.5) is 0 Å². The maximum Gasteiger partial charge on any atom is 0.114 e. The summed E-state index contributed by atoms with van der Waals surface area (Å²) in [6, 6.07) is 139. The Labute approximate surface area is 628 Å². The number of fused-ring (bicyclic) bond motifs is 7. The molecule has 2 heterocycles. The summed E-state index contributed by atoms with van der Waals surface area (Å²) in [6.45, 7) is 4.36. The summed E-state index contributed by atoms with van der Waals surface area (Å²) in [6.07, 6.45) is 1.67. The molecule has 0 saturated heterocycles. The Morgan fingerprint density at radius 2 is 0.509 bits per heavy atom. The topological polar surface area (TPSA) is 35.6 Å². The van der Waals surface area contributed by atoms with E-state index in [1.54, 1.807) is 0 Å². The van der Waals surface area contributed by atoms with Crippen molar-refractivity contribution < 1.29 is 0 Å². The molecular weight excluding hydrogens is 1310 g/mol. The third kappa shape index (κ3) is 11.1. The first kappa shape index (κ1) is 63.9. The molecule has 0 fully saturated rings. The van der Waals surface area contributed by atoms with Crippen molar-refractivity contribution in [1.29, 1.82) is 0 Å². The average molecular weight is 1380 g/mol. The number of hydrogen-bond donors (Lipinski definition) is 0. The van der Waals surface area contributed by atoms with E-state index in [0.717, 1.165) is 63.5 Å². The summed E-state index contributed by atoms with van der Waals surface area (Å²) in [5, 5.41) is 12.2. The number of nitrogens with zero attached hydrogens (tertiary/aromatic N) is 4. The van der Waals surface area contributed by atoms with Crippen LogP contribution in [0.15, 0.2) is 376 Å². The van der Waals surface area contributed by atoms with Gasteiger partial charge in [0.15, 0.2) is 0 Å². The van der Waals surface area contributed by atoms with Crippen LogP contribution in [0, 0.1) is 0 Å². The van der Waals surface area contributed by atoms with Crippen LogP contribution in [0.5, 0.6) is 0 Å². The molecule has 0 aliphatic heterocycles. The van der Waals surface area contributed by atoms with Crippen molar-refractivity contribution in [3.8, 4) is 123 Å². The van der Waals surface area contributed by atoms with Gasteiger partial charge in [0.2, 0.25) is 0 Å². The minimum absolute atomic E-state index is 0.834. The van der Waals surface area contributed by atoms with E-state index >= 15 is 0 Å². The molecule has 0 aliphatic carbocycles. The fraction of sp³-hybridized carbons (Fsp3) is 0.0385. The predicted molar refractivity (Wildman–Crippen MR) is 456 cm³/mol. The van der Waals surface area contributed by atoms with Crippen LogP contribution < -0.4 is 0 Å². The molecule has 0 saturated carbocycles. The van der Waals surface area contributed by atoms with Crippen LogP contribution in [0.3, 0.4) is 0 Å². The zero-order valence-corrected chi connectivity index (χ0v) is 60.0. The summed E-state index contributed by atoms with van der Waals surface area (Å²) in [4.78, 5) is 10.0. The molecule has 0 bridgehead atoms. The summed E-state index contributed by atoms with van der Waals surface area (Å²) in [5.41, 5.74) is 30.3. The predicted octanol–water partition coefficient (Wildman–Crippen LogP) is 27.9. The molecule has 0 N–H and O–H groups in total. The van der Waals surface area contributed by atoms with Gasteiger partial charge in [0.05, 0.1) is 22.1 Å². The third-order valence-electron chi connectivity index (χ3n) is 22.3. The van der Waals surface area contributed by atoms with Gasteiger partial charge in [0, 0.05) is 24.2 Å². The minimum atomic E-state index is 0.834. The summed E-state index contributed by atoms with van der Waals surface area (Å²) >= 11 is 0. The summed E-state index contributed by atoms with van der Waals surface area (Å²) in [7, 11) is 0. The maximum absolute atomic E-state index is 5.02. The largest absolute Gasteiger partial charge is 0.296 e. The molecular formula is C104H72N4. The molecule has 20 aromatic rings. The van der Waals surface area contributed by atoms with E-state index < -0.39 is 0 Å². The smallest absolute Gasteiger partial charge is 0.114 e. The van der Waals surface area contributed by atoms with E-state index in [9.17, 15) is 0 Å². The lowest BCUT2D eigenvalue weighted by Gasteiger charge is -2.21. The van der Waals surface area contributed by atoms with E-state index in [1.807, 2.05) is 0 Å². The monoisotopic (exact) mass is 1380 g/mol.